The number of carbonyl (C=O) groups excluding carboxylic acids is 1. The van der Waals surface area contributed by atoms with Crippen LogP contribution in [0.15, 0.2) is 4.79 Å². The molecule has 1 aliphatic rings. The first-order chi connectivity index (χ1) is 7.44. The third kappa shape index (κ3) is 1.50. The fraction of sp³-hybridized carbons (Fsp3) is 0.444. The average Bonchev–Trinajstić information content (AvgIpc) is 2.14. The van der Waals surface area contributed by atoms with Gasteiger partial charge in [0.15, 0.2) is 5.82 Å². The fourth-order valence-corrected chi connectivity index (χ4v) is 1.64. The Bertz CT molecular complexity index is 493. The van der Waals surface area contributed by atoms with Crippen LogP contribution in [0.2, 0.25) is 0 Å². The molecule has 1 aliphatic heterocycles. The molecule has 2 rings (SSSR count). The van der Waals surface area contributed by atoms with Crippen LogP contribution in [0.1, 0.15) is 13.8 Å². The van der Waals surface area contributed by atoms with Gasteiger partial charge in [0.25, 0.3) is 5.56 Å². The van der Waals surface area contributed by atoms with Crippen LogP contribution in [-0.2, 0) is 4.79 Å². The summed E-state index contributed by atoms with van der Waals surface area (Å²) in [5.41, 5.74) is 4.76. The van der Waals surface area contributed by atoms with Crippen molar-refractivity contribution in [3.63, 3.8) is 0 Å². The smallest absolute Gasteiger partial charge is 0.277 e. The Morgan fingerprint density at radius 3 is 2.81 bits per heavy atom. The second-order valence-electron chi connectivity index (χ2n) is 4.28. The number of anilines is 3. The van der Waals surface area contributed by atoms with Gasteiger partial charge >= 0.3 is 0 Å². The summed E-state index contributed by atoms with van der Waals surface area (Å²) in [7, 11) is 0. The summed E-state index contributed by atoms with van der Waals surface area (Å²) < 4.78 is 0. The molecular weight excluding hydrogens is 210 g/mol. The molecule has 0 radical (unpaired) electrons. The number of carbonyl (C=O) groups is 1. The Morgan fingerprint density at radius 1 is 1.50 bits per heavy atom. The summed E-state index contributed by atoms with van der Waals surface area (Å²) >= 11 is 0. The number of nitrogens with one attached hydrogen (secondary N) is 3. The first-order valence-corrected chi connectivity index (χ1v) is 4.84. The highest BCUT2D eigenvalue weighted by Crippen LogP contribution is 2.28. The molecule has 1 atom stereocenters. The summed E-state index contributed by atoms with van der Waals surface area (Å²) in [5.74, 6) is 0.405. The van der Waals surface area contributed by atoms with E-state index in [9.17, 15) is 9.59 Å². The number of rotatable bonds is 1. The number of nitrogens with zero attached hydrogens (tertiary/aromatic N) is 1. The van der Waals surface area contributed by atoms with Crippen molar-refractivity contribution in [2.45, 2.75) is 25.4 Å². The molecule has 7 heteroatoms. The van der Waals surface area contributed by atoms with Gasteiger partial charge in [0.05, 0.1) is 5.54 Å². The maximum Gasteiger partial charge on any atom is 0.277 e. The van der Waals surface area contributed by atoms with E-state index in [0.29, 0.717) is 5.82 Å². The van der Waals surface area contributed by atoms with Crippen molar-refractivity contribution in [1.82, 2.24) is 9.97 Å². The van der Waals surface area contributed by atoms with E-state index in [1.165, 1.54) is 0 Å². The molecule has 2 heterocycles. The third-order valence-electron chi connectivity index (χ3n) is 2.59. The zero-order valence-corrected chi connectivity index (χ0v) is 9.00. The topological polar surface area (TPSA) is 113 Å². The van der Waals surface area contributed by atoms with Crippen LogP contribution in [0.3, 0.4) is 0 Å². The van der Waals surface area contributed by atoms with E-state index in [0.717, 1.165) is 6.29 Å². The number of fused-ring (bicyclic) bond motifs is 1. The number of H-pyrrole nitrogens is 1. The molecule has 0 saturated heterocycles. The van der Waals surface area contributed by atoms with E-state index >= 15 is 0 Å². The largest absolute Gasteiger partial charge is 0.369 e. The molecular formula is C9H13N5O2. The average molecular weight is 223 g/mol. The molecule has 0 fully saturated rings. The van der Waals surface area contributed by atoms with E-state index in [4.69, 9.17) is 5.73 Å². The van der Waals surface area contributed by atoms with Gasteiger partial charge in [-0.05, 0) is 13.8 Å². The van der Waals surface area contributed by atoms with Crippen molar-refractivity contribution >= 4 is 23.7 Å². The van der Waals surface area contributed by atoms with Crippen molar-refractivity contribution in [2.75, 3.05) is 16.4 Å². The highest BCUT2D eigenvalue weighted by Gasteiger charge is 2.36. The van der Waals surface area contributed by atoms with E-state index in [-0.39, 0.29) is 11.6 Å². The van der Waals surface area contributed by atoms with Crippen LogP contribution in [0.4, 0.5) is 17.5 Å². The third-order valence-corrected chi connectivity index (χ3v) is 2.59. The molecule has 0 spiro atoms. The first-order valence-electron chi connectivity index (χ1n) is 4.84. The molecule has 0 saturated carbocycles. The number of aromatic nitrogens is 2. The van der Waals surface area contributed by atoms with Crippen molar-refractivity contribution in [3.05, 3.63) is 10.4 Å². The monoisotopic (exact) mass is 223 g/mol. The van der Waals surface area contributed by atoms with Crippen molar-refractivity contribution in [2.24, 2.45) is 0 Å². The number of nitrogens with two attached hydrogens (primary N) is 1. The summed E-state index contributed by atoms with van der Waals surface area (Å²) in [6.07, 6.45) is 0.756. The highest BCUT2D eigenvalue weighted by atomic mass is 16.1. The minimum Gasteiger partial charge on any atom is -0.369 e. The summed E-state index contributed by atoms with van der Waals surface area (Å²) in [6, 6.07) is -0.494. The van der Waals surface area contributed by atoms with Crippen LogP contribution in [-0.4, -0.2) is 27.8 Å². The molecule has 86 valence electrons. The van der Waals surface area contributed by atoms with E-state index in [1.807, 2.05) is 13.8 Å². The SMILES string of the molecule is CC1(C)Nc2nc(N)[nH]c(=O)c2NC1C=O. The molecule has 0 amide bonds. The van der Waals surface area contributed by atoms with Gasteiger partial charge in [-0.25, -0.2) is 0 Å². The first kappa shape index (κ1) is 10.5. The van der Waals surface area contributed by atoms with Crippen molar-refractivity contribution < 1.29 is 4.79 Å². The van der Waals surface area contributed by atoms with Gasteiger partial charge in [0.2, 0.25) is 5.95 Å². The zero-order valence-electron chi connectivity index (χ0n) is 9.00. The Labute approximate surface area is 91.5 Å². The van der Waals surface area contributed by atoms with E-state index in [2.05, 4.69) is 20.6 Å². The quantitative estimate of drug-likeness (QED) is 0.479. The molecule has 16 heavy (non-hydrogen) atoms. The van der Waals surface area contributed by atoms with Crippen molar-refractivity contribution in [1.29, 1.82) is 0 Å². The van der Waals surface area contributed by atoms with Gasteiger partial charge in [-0.3, -0.25) is 9.78 Å². The Morgan fingerprint density at radius 2 is 2.19 bits per heavy atom. The summed E-state index contributed by atoms with van der Waals surface area (Å²) in [4.78, 5) is 28.8. The fourth-order valence-electron chi connectivity index (χ4n) is 1.64. The molecule has 7 nitrogen and oxygen atoms in total. The number of aromatic amines is 1. The predicted octanol–water partition coefficient (Wildman–Crippen LogP) is -0.464. The maximum absolute atomic E-state index is 11.6. The van der Waals surface area contributed by atoms with Gasteiger partial charge < -0.3 is 21.2 Å². The molecule has 1 unspecified atom stereocenters. The normalized spacial score (nSPS) is 21.5. The molecule has 0 aliphatic carbocycles. The molecule has 0 bridgehead atoms. The minimum absolute atomic E-state index is 0.0402. The van der Waals surface area contributed by atoms with Gasteiger partial charge in [-0.2, -0.15) is 4.98 Å². The number of aldehydes is 1. The van der Waals surface area contributed by atoms with Crippen LogP contribution >= 0.6 is 0 Å². The molecule has 1 aromatic heterocycles. The summed E-state index contributed by atoms with van der Waals surface area (Å²) in [6.45, 7) is 3.67. The second-order valence-corrected chi connectivity index (χ2v) is 4.28. The number of hydrogen-bond donors (Lipinski definition) is 4. The van der Waals surface area contributed by atoms with Gasteiger partial charge in [-0.15, -0.1) is 0 Å². The number of hydrogen-bond acceptors (Lipinski definition) is 6. The van der Waals surface area contributed by atoms with E-state index < -0.39 is 17.1 Å². The number of nitrogen functional groups attached to an aromatic ring is 1. The lowest BCUT2D eigenvalue weighted by Crippen LogP contribution is -2.53. The molecule has 0 aromatic carbocycles. The lowest BCUT2D eigenvalue weighted by molar-refractivity contribution is -0.109. The van der Waals surface area contributed by atoms with Crippen LogP contribution < -0.4 is 21.9 Å². The predicted molar refractivity (Wildman–Crippen MR) is 60.4 cm³/mol. The zero-order chi connectivity index (χ0) is 11.9. The van der Waals surface area contributed by atoms with Gasteiger partial charge in [0.1, 0.15) is 18.0 Å². The van der Waals surface area contributed by atoms with Gasteiger partial charge in [-0.1, -0.05) is 0 Å². The Balaban J connectivity index is 2.55. The molecule has 1 aromatic rings. The van der Waals surface area contributed by atoms with Crippen LogP contribution in [0.25, 0.3) is 0 Å². The summed E-state index contributed by atoms with van der Waals surface area (Å²) in [5, 5.41) is 5.85. The molecule has 5 N–H and O–H groups in total. The lowest BCUT2D eigenvalue weighted by atomic mass is 9.93. The Hall–Kier alpha value is -2.05. The standard InChI is InChI=1S/C9H13N5O2/c1-9(2)4(3-15)11-5-6(14-9)12-8(10)13-7(5)16/h3-4,11H,1-2H3,(H4,10,12,13,14,16). The van der Waals surface area contributed by atoms with E-state index in [1.54, 1.807) is 0 Å². The maximum atomic E-state index is 11.6. The van der Waals surface area contributed by atoms with Gasteiger partial charge in [0, 0.05) is 0 Å². The lowest BCUT2D eigenvalue weighted by Gasteiger charge is -2.38. The van der Waals surface area contributed by atoms with Crippen molar-refractivity contribution in [3.8, 4) is 0 Å². The second kappa shape index (κ2) is 3.22. The Kier molecular flexibility index (Phi) is 2.11. The highest BCUT2D eigenvalue weighted by molar-refractivity contribution is 5.77. The minimum atomic E-state index is -0.526. The van der Waals surface area contributed by atoms with Crippen LogP contribution in [0.5, 0.6) is 0 Å². The van der Waals surface area contributed by atoms with Crippen LogP contribution in [0, 0.1) is 0 Å².